The van der Waals surface area contributed by atoms with Crippen LogP contribution >= 0.6 is 11.6 Å². The lowest BCUT2D eigenvalue weighted by Gasteiger charge is -2.29. The highest BCUT2D eigenvalue weighted by atomic mass is 35.5. The zero-order chi connectivity index (χ0) is 20.1. The summed E-state index contributed by atoms with van der Waals surface area (Å²) < 4.78 is 16.3. The Balaban J connectivity index is 1.87. The van der Waals surface area contributed by atoms with Crippen molar-refractivity contribution in [1.29, 1.82) is 0 Å². The maximum Gasteiger partial charge on any atom is 0.257 e. The van der Waals surface area contributed by atoms with E-state index in [2.05, 4.69) is 4.57 Å². The molecule has 0 spiro atoms. The molecule has 0 bridgehead atoms. The normalized spacial score (nSPS) is 12.0. The summed E-state index contributed by atoms with van der Waals surface area (Å²) in [7, 11) is 0. The van der Waals surface area contributed by atoms with E-state index in [1.807, 2.05) is 56.4 Å². The van der Waals surface area contributed by atoms with Gasteiger partial charge in [0.2, 0.25) is 0 Å². The number of halogens is 2. The van der Waals surface area contributed by atoms with E-state index in [4.69, 9.17) is 11.6 Å². The Kier molecular flexibility index (Phi) is 6.53. The number of amides is 1. The fraction of sp³-hybridized carbons (Fsp3) is 0.261. The lowest BCUT2D eigenvalue weighted by atomic mass is 10.1. The summed E-state index contributed by atoms with van der Waals surface area (Å²) >= 11 is 6.30. The Bertz CT molecular complexity index is 953. The third-order valence-corrected chi connectivity index (χ3v) is 5.41. The van der Waals surface area contributed by atoms with Gasteiger partial charge in [0, 0.05) is 29.5 Å². The largest absolute Gasteiger partial charge is 0.345 e. The van der Waals surface area contributed by atoms with Gasteiger partial charge in [0.25, 0.3) is 5.91 Å². The maximum atomic E-state index is 14.2. The summed E-state index contributed by atoms with van der Waals surface area (Å²) in [5.41, 5.74) is 2.09. The SMILES string of the molecule is CCC(C)N(Cc1cccn1Cc1ccccc1Cl)C(=O)c1ccccc1F. The van der Waals surface area contributed by atoms with Crippen molar-refractivity contribution in [3.63, 3.8) is 0 Å². The highest BCUT2D eigenvalue weighted by Gasteiger charge is 2.24. The van der Waals surface area contributed by atoms with E-state index in [1.165, 1.54) is 12.1 Å². The molecule has 1 aromatic heterocycles. The van der Waals surface area contributed by atoms with Crippen LogP contribution in [-0.2, 0) is 13.1 Å². The molecule has 1 heterocycles. The van der Waals surface area contributed by atoms with Gasteiger partial charge in [-0.3, -0.25) is 4.79 Å². The van der Waals surface area contributed by atoms with Crippen molar-refractivity contribution in [2.24, 2.45) is 0 Å². The minimum Gasteiger partial charge on any atom is -0.345 e. The molecule has 5 heteroatoms. The number of hydrogen-bond donors (Lipinski definition) is 0. The highest BCUT2D eigenvalue weighted by molar-refractivity contribution is 6.31. The zero-order valence-corrected chi connectivity index (χ0v) is 16.9. The Morgan fingerprint density at radius 2 is 1.82 bits per heavy atom. The number of benzene rings is 2. The Labute approximate surface area is 170 Å². The molecule has 146 valence electrons. The van der Waals surface area contributed by atoms with Crippen LogP contribution in [0.2, 0.25) is 5.02 Å². The van der Waals surface area contributed by atoms with E-state index in [1.54, 1.807) is 17.0 Å². The zero-order valence-electron chi connectivity index (χ0n) is 16.1. The van der Waals surface area contributed by atoms with Gasteiger partial charge in [-0.15, -0.1) is 0 Å². The van der Waals surface area contributed by atoms with Crippen molar-refractivity contribution in [3.8, 4) is 0 Å². The fourth-order valence-electron chi connectivity index (χ4n) is 3.17. The van der Waals surface area contributed by atoms with Gasteiger partial charge in [-0.1, -0.05) is 48.9 Å². The molecule has 0 saturated heterocycles. The van der Waals surface area contributed by atoms with Gasteiger partial charge < -0.3 is 9.47 Å². The van der Waals surface area contributed by atoms with Crippen LogP contribution in [0, 0.1) is 5.82 Å². The molecule has 1 amide bonds. The average Bonchev–Trinajstić information content (AvgIpc) is 3.14. The standard InChI is InChI=1S/C23H24ClFN2O/c1-3-17(2)27(23(28)20-11-5-7-13-22(20)25)16-19-10-8-14-26(19)15-18-9-4-6-12-21(18)24/h4-14,17H,3,15-16H2,1-2H3. The van der Waals surface area contributed by atoms with Crippen LogP contribution in [0.25, 0.3) is 0 Å². The molecule has 2 aromatic carbocycles. The second-order valence-electron chi connectivity index (χ2n) is 6.89. The van der Waals surface area contributed by atoms with Crippen LogP contribution in [-0.4, -0.2) is 21.4 Å². The summed E-state index contributed by atoms with van der Waals surface area (Å²) in [6.45, 7) is 5.03. The third kappa shape index (κ3) is 4.45. The first kappa shape index (κ1) is 20.2. The summed E-state index contributed by atoms with van der Waals surface area (Å²) in [5.74, 6) is -0.787. The molecule has 1 atom stereocenters. The third-order valence-electron chi connectivity index (χ3n) is 5.04. The van der Waals surface area contributed by atoms with Gasteiger partial charge in [-0.05, 0) is 49.2 Å². The molecule has 3 nitrogen and oxygen atoms in total. The van der Waals surface area contributed by atoms with Crippen molar-refractivity contribution in [1.82, 2.24) is 9.47 Å². The molecule has 3 rings (SSSR count). The molecule has 0 fully saturated rings. The van der Waals surface area contributed by atoms with E-state index in [0.717, 1.165) is 17.7 Å². The van der Waals surface area contributed by atoms with Gasteiger partial charge in [0.1, 0.15) is 5.82 Å². The van der Waals surface area contributed by atoms with Gasteiger partial charge in [-0.2, -0.15) is 0 Å². The Morgan fingerprint density at radius 3 is 2.54 bits per heavy atom. The first-order chi connectivity index (χ1) is 13.5. The first-order valence-corrected chi connectivity index (χ1v) is 9.82. The lowest BCUT2D eigenvalue weighted by Crippen LogP contribution is -2.38. The van der Waals surface area contributed by atoms with Crippen LogP contribution in [0.1, 0.15) is 41.9 Å². The summed E-state index contributed by atoms with van der Waals surface area (Å²) in [6, 6.07) is 17.8. The molecular weight excluding hydrogens is 375 g/mol. The number of carbonyl (C=O) groups is 1. The maximum absolute atomic E-state index is 14.2. The predicted octanol–water partition coefficient (Wildman–Crippen LogP) is 5.77. The number of nitrogens with zero attached hydrogens (tertiary/aromatic N) is 2. The molecule has 0 radical (unpaired) electrons. The van der Waals surface area contributed by atoms with E-state index in [0.29, 0.717) is 18.1 Å². The van der Waals surface area contributed by atoms with Crippen LogP contribution in [0.4, 0.5) is 4.39 Å². The van der Waals surface area contributed by atoms with Crippen molar-refractivity contribution >= 4 is 17.5 Å². The molecule has 0 aliphatic rings. The van der Waals surface area contributed by atoms with Gasteiger partial charge in [-0.25, -0.2) is 4.39 Å². The van der Waals surface area contributed by atoms with Crippen molar-refractivity contribution in [2.45, 2.75) is 39.4 Å². The lowest BCUT2D eigenvalue weighted by molar-refractivity contribution is 0.0662. The van der Waals surface area contributed by atoms with Crippen LogP contribution in [0.3, 0.4) is 0 Å². The van der Waals surface area contributed by atoms with Crippen LogP contribution in [0.15, 0.2) is 66.9 Å². The predicted molar refractivity (Wildman–Crippen MR) is 111 cm³/mol. The minimum atomic E-state index is -0.493. The average molecular weight is 399 g/mol. The molecule has 0 N–H and O–H groups in total. The topological polar surface area (TPSA) is 25.2 Å². The van der Waals surface area contributed by atoms with E-state index >= 15 is 0 Å². The second kappa shape index (κ2) is 9.07. The first-order valence-electron chi connectivity index (χ1n) is 9.44. The fourth-order valence-corrected chi connectivity index (χ4v) is 3.36. The van der Waals surface area contributed by atoms with E-state index < -0.39 is 5.82 Å². The van der Waals surface area contributed by atoms with Crippen molar-refractivity contribution in [2.75, 3.05) is 0 Å². The molecule has 3 aromatic rings. The molecule has 0 aliphatic heterocycles. The highest BCUT2D eigenvalue weighted by Crippen LogP contribution is 2.20. The molecule has 28 heavy (non-hydrogen) atoms. The van der Waals surface area contributed by atoms with E-state index in [9.17, 15) is 9.18 Å². The van der Waals surface area contributed by atoms with Crippen molar-refractivity contribution in [3.05, 3.63) is 94.5 Å². The van der Waals surface area contributed by atoms with Gasteiger partial charge >= 0.3 is 0 Å². The molecular formula is C23H24ClFN2O. The van der Waals surface area contributed by atoms with Crippen LogP contribution in [0.5, 0.6) is 0 Å². The number of hydrogen-bond acceptors (Lipinski definition) is 1. The second-order valence-corrected chi connectivity index (χ2v) is 7.30. The molecule has 0 aliphatic carbocycles. The number of rotatable bonds is 7. The van der Waals surface area contributed by atoms with Gasteiger partial charge in [0.05, 0.1) is 12.1 Å². The summed E-state index contributed by atoms with van der Waals surface area (Å²) in [4.78, 5) is 14.8. The van der Waals surface area contributed by atoms with Gasteiger partial charge in [0.15, 0.2) is 0 Å². The van der Waals surface area contributed by atoms with Crippen LogP contribution < -0.4 is 0 Å². The smallest absolute Gasteiger partial charge is 0.257 e. The summed E-state index contributed by atoms with van der Waals surface area (Å²) in [5, 5.41) is 0.711. The number of carbonyl (C=O) groups excluding carboxylic acids is 1. The Hall–Kier alpha value is -2.59. The molecule has 0 saturated carbocycles. The minimum absolute atomic E-state index is 0.0178. The summed E-state index contributed by atoms with van der Waals surface area (Å²) in [6.07, 6.45) is 2.76. The Morgan fingerprint density at radius 1 is 1.11 bits per heavy atom. The molecule has 1 unspecified atom stereocenters. The quantitative estimate of drug-likeness (QED) is 0.496. The monoisotopic (exact) mass is 398 g/mol. The van der Waals surface area contributed by atoms with Crippen molar-refractivity contribution < 1.29 is 9.18 Å². The van der Waals surface area contributed by atoms with E-state index in [-0.39, 0.29) is 17.5 Å². The number of aromatic nitrogens is 1.